The minimum atomic E-state index is -0.828. The molecule has 2 N–H and O–H groups in total. The number of rotatable bonds is 4. The summed E-state index contributed by atoms with van der Waals surface area (Å²) in [6.07, 6.45) is 4.96. The molecule has 2 aliphatic heterocycles. The summed E-state index contributed by atoms with van der Waals surface area (Å²) in [5.74, 6) is -0.883. The number of benzene rings is 2. The van der Waals surface area contributed by atoms with Crippen LogP contribution in [0, 0.1) is 17.6 Å². The molecule has 1 aromatic heterocycles. The lowest BCUT2D eigenvalue weighted by molar-refractivity contribution is 0.180. The minimum absolute atomic E-state index is 0.00588. The standard InChI is InChI=1S/C25H28F2N4O/c26-22-6-5-19(13-23(22)27)31-10-7-17(16-31)14-29-25(32)30-11-8-18(9-12-30)21-15-28-24-4-2-1-3-20(21)24/h1-6,13,15,17-18,28H,7-12,14,16H2,(H,29,32). The van der Waals surface area contributed by atoms with Crippen LogP contribution in [0.4, 0.5) is 19.3 Å². The van der Waals surface area contributed by atoms with E-state index in [0.717, 1.165) is 51.0 Å². The average Bonchev–Trinajstić information content (AvgIpc) is 3.47. The fraction of sp³-hybridized carbons (Fsp3) is 0.400. The monoisotopic (exact) mass is 438 g/mol. The number of carbonyl (C=O) groups is 1. The van der Waals surface area contributed by atoms with Crippen LogP contribution in [-0.2, 0) is 0 Å². The molecule has 2 aromatic carbocycles. The number of anilines is 1. The fourth-order valence-electron chi connectivity index (χ4n) is 5.08. The molecule has 5 rings (SSSR count). The molecule has 0 aliphatic carbocycles. The second-order valence-electron chi connectivity index (χ2n) is 8.94. The number of nitrogens with one attached hydrogen (secondary N) is 2. The Labute approximate surface area is 186 Å². The van der Waals surface area contributed by atoms with Crippen molar-refractivity contribution in [3.8, 4) is 0 Å². The summed E-state index contributed by atoms with van der Waals surface area (Å²) in [7, 11) is 0. The lowest BCUT2D eigenvalue weighted by Crippen LogP contribution is -2.45. The molecule has 3 aromatic rings. The molecule has 5 nitrogen and oxygen atoms in total. The van der Waals surface area contributed by atoms with E-state index >= 15 is 0 Å². The van der Waals surface area contributed by atoms with E-state index in [2.05, 4.69) is 34.7 Å². The maximum absolute atomic E-state index is 13.5. The first-order valence-electron chi connectivity index (χ1n) is 11.4. The van der Waals surface area contributed by atoms with Crippen LogP contribution in [0.2, 0.25) is 0 Å². The van der Waals surface area contributed by atoms with E-state index in [9.17, 15) is 13.6 Å². The van der Waals surface area contributed by atoms with Crippen molar-refractivity contribution in [1.82, 2.24) is 15.2 Å². The zero-order chi connectivity index (χ0) is 22.1. The molecule has 2 fully saturated rings. The summed E-state index contributed by atoms with van der Waals surface area (Å²) in [6, 6.07) is 12.4. The Kier molecular flexibility index (Phi) is 5.72. The van der Waals surface area contributed by atoms with Gasteiger partial charge in [-0.25, -0.2) is 13.6 Å². The number of H-pyrrole nitrogens is 1. The number of para-hydroxylation sites is 1. The van der Waals surface area contributed by atoms with E-state index in [1.54, 1.807) is 6.07 Å². The second-order valence-corrected chi connectivity index (χ2v) is 8.94. The molecule has 0 bridgehead atoms. The molecule has 2 saturated heterocycles. The molecule has 168 valence electrons. The zero-order valence-corrected chi connectivity index (χ0v) is 18.0. The van der Waals surface area contributed by atoms with E-state index in [1.165, 1.54) is 23.1 Å². The topological polar surface area (TPSA) is 51.4 Å². The predicted octanol–water partition coefficient (Wildman–Crippen LogP) is 4.86. The first-order valence-corrected chi connectivity index (χ1v) is 11.4. The molecule has 32 heavy (non-hydrogen) atoms. The van der Waals surface area contributed by atoms with E-state index in [0.29, 0.717) is 24.1 Å². The molecule has 0 spiro atoms. The first-order chi connectivity index (χ1) is 15.6. The lowest BCUT2D eigenvalue weighted by Gasteiger charge is -2.32. The third kappa shape index (κ3) is 4.16. The van der Waals surface area contributed by atoms with Crippen LogP contribution >= 0.6 is 0 Å². The summed E-state index contributed by atoms with van der Waals surface area (Å²) in [5.41, 5.74) is 3.21. The van der Waals surface area contributed by atoms with Gasteiger partial charge in [-0.05, 0) is 54.9 Å². The van der Waals surface area contributed by atoms with Crippen LogP contribution in [0.3, 0.4) is 0 Å². The van der Waals surface area contributed by atoms with Gasteiger partial charge in [-0.1, -0.05) is 18.2 Å². The van der Waals surface area contributed by atoms with Crippen molar-refractivity contribution >= 4 is 22.6 Å². The van der Waals surface area contributed by atoms with Crippen molar-refractivity contribution in [3.63, 3.8) is 0 Å². The number of fused-ring (bicyclic) bond motifs is 1. The van der Waals surface area contributed by atoms with Crippen molar-refractivity contribution in [2.24, 2.45) is 5.92 Å². The summed E-state index contributed by atoms with van der Waals surface area (Å²) >= 11 is 0. The highest BCUT2D eigenvalue weighted by Crippen LogP contribution is 2.33. The Balaban J connectivity index is 1.10. The van der Waals surface area contributed by atoms with Gasteiger partial charge in [0.05, 0.1) is 0 Å². The molecule has 2 aliphatic rings. The number of aromatic amines is 1. The van der Waals surface area contributed by atoms with Crippen LogP contribution in [0.1, 0.15) is 30.7 Å². The van der Waals surface area contributed by atoms with E-state index in [-0.39, 0.29) is 6.03 Å². The van der Waals surface area contributed by atoms with Gasteiger partial charge >= 0.3 is 6.03 Å². The SMILES string of the molecule is O=C(NCC1CCN(c2ccc(F)c(F)c2)C1)N1CCC(c2c[nH]c3ccccc23)CC1. The number of amides is 2. The number of hydrogen-bond donors (Lipinski definition) is 2. The van der Waals surface area contributed by atoms with E-state index in [1.807, 2.05) is 15.9 Å². The Hall–Kier alpha value is -3.09. The van der Waals surface area contributed by atoms with Crippen molar-refractivity contribution in [2.45, 2.75) is 25.2 Å². The Morgan fingerprint density at radius 2 is 1.84 bits per heavy atom. The van der Waals surface area contributed by atoms with Gasteiger partial charge in [0.2, 0.25) is 0 Å². The maximum Gasteiger partial charge on any atom is 0.317 e. The minimum Gasteiger partial charge on any atom is -0.371 e. The van der Waals surface area contributed by atoms with Crippen LogP contribution in [-0.4, -0.2) is 48.6 Å². The largest absolute Gasteiger partial charge is 0.371 e. The number of piperidine rings is 1. The number of aromatic nitrogens is 1. The van der Waals surface area contributed by atoms with Gasteiger partial charge in [0, 0.05) is 61.6 Å². The average molecular weight is 439 g/mol. The van der Waals surface area contributed by atoms with Gasteiger partial charge in [-0.3, -0.25) is 0 Å². The number of urea groups is 1. The van der Waals surface area contributed by atoms with Crippen molar-refractivity contribution in [3.05, 3.63) is 65.9 Å². The highest BCUT2D eigenvalue weighted by atomic mass is 19.2. The highest BCUT2D eigenvalue weighted by molar-refractivity contribution is 5.83. The molecule has 1 unspecified atom stereocenters. The Morgan fingerprint density at radius 3 is 2.66 bits per heavy atom. The number of carbonyl (C=O) groups excluding carboxylic acids is 1. The van der Waals surface area contributed by atoms with Crippen LogP contribution in [0.25, 0.3) is 10.9 Å². The normalized spacial score (nSPS) is 19.6. The van der Waals surface area contributed by atoms with Crippen molar-refractivity contribution in [1.29, 1.82) is 0 Å². The fourth-order valence-corrected chi connectivity index (χ4v) is 5.08. The molecular formula is C25H28F2N4O. The number of halogens is 2. The van der Waals surface area contributed by atoms with E-state index < -0.39 is 11.6 Å². The molecular weight excluding hydrogens is 410 g/mol. The van der Waals surface area contributed by atoms with E-state index in [4.69, 9.17) is 0 Å². The van der Waals surface area contributed by atoms with Gasteiger partial charge in [-0.2, -0.15) is 0 Å². The Bertz CT molecular complexity index is 1110. The van der Waals surface area contributed by atoms with Crippen LogP contribution in [0.5, 0.6) is 0 Å². The highest BCUT2D eigenvalue weighted by Gasteiger charge is 2.27. The first kappa shape index (κ1) is 20.8. The molecule has 3 heterocycles. The summed E-state index contributed by atoms with van der Waals surface area (Å²) < 4.78 is 26.7. The van der Waals surface area contributed by atoms with Crippen molar-refractivity contribution in [2.75, 3.05) is 37.6 Å². The molecule has 2 amide bonds. The molecule has 0 radical (unpaired) electrons. The molecule has 7 heteroatoms. The summed E-state index contributed by atoms with van der Waals surface area (Å²) in [5, 5.41) is 4.37. The third-order valence-corrected chi connectivity index (χ3v) is 6.94. The predicted molar refractivity (Wildman–Crippen MR) is 122 cm³/mol. The van der Waals surface area contributed by atoms with Gasteiger partial charge < -0.3 is 20.1 Å². The van der Waals surface area contributed by atoms with Gasteiger partial charge in [0.15, 0.2) is 11.6 Å². The number of hydrogen-bond acceptors (Lipinski definition) is 2. The third-order valence-electron chi connectivity index (χ3n) is 6.94. The second kappa shape index (κ2) is 8.81. The van der Waals surface area contributed by atoms with Gasteiger partial charge in [-0.15, -0.1) is 0 Å². The van der Waals surface area contributed by atoms with Gasteiger partial charge in [0.25, 0.3) is 0 Å². The lowest BCUT2D eigenvalue weighted by atomic mass is 9.89. The van der Waals surface area contributed by atoms with Gasteiger partial charge in [0.1, 0.15) is 0 Å². The molecule has 0 saturated carbocycles. The van der Waals surface area contributed by atoms with Crippen LogP contribution in [0.15, 0.2) is 48.7 Å². The number of likely N-dealkylation sites (tertiary alicyclic amines) is 1. The maximum atomic E-state index is 13.5. The number of nitrogens with zero attached hydrogens (tertiary/aromatic N) is 2. The quantitative estimate of drug-likeness (QED) is 0.611. The zero-order valence-electron chi connectivity index (χ0n) is 18.0. The van der Waals surface area contributed by atoms with Crippen molar-refractivity contribution < 1.29 is 13.6 Å². The summed E-state index contributed by atoms with van der Waals surface area (Å²) in [6.45, 7) is 3.61. The van der Waals surface area contributed by atoms with Crippen LogP contribution < -0.4 is 10.2 Å². The smallest absolute Gasteiger partial charge is 0.317 e. The molecule has 1 atom stereocenters. The Morgan fingerprint density at radius 1 is 1.03 bits per heavy atom. The summed E-state index contributed by atoms with van der Waals surface area (Å²) in [4.78, 5) is 20.0.